The number of ether oxygens (including phenoxy) is 1. The van der Waals surface area contributed by atoms with Crippen LogP contribution in [0.5, 0.6) is 0 Å². The van der Waals surface area contributed by atoms with Gasteiger partial charge in [-0.2, -0.15) is 0 Å². The van der Waals surface area contributed by atoms with Gasteiger partial charge in [0.25, 0.3) is 0 Å². The first kappa shape index (κ1) is 11.4. The maximum absolute atomic E-state index is 13.0. The highest BCUT2D eigenvalue weighted by Crippen LogP contribution is 2.28. The van der Waals surface area contributed by atoms with E-state index in [9.17, 15) is 14.0 Å². The monoisotopic (exact) mass is 238 g/mol. The van der Waals surface area contributed by atoms with E-state index < -0.39 is 17.8 Å². The van der Waals surface area contributed by atoms with Crippen LogP contribution in [-0.2, 0) is 14.3 Å². The first-order valence-electron chi connectivity index (χ1n) is 5.04. The lowest BCUT2D eigenvalue weighted by Gasteiger charge is -2.26. The van der Waals surface area contributed by atoms with Crippen LogP contribution in [0.15, 0.2) is 18.2 Å². The predicted molar refractivity (Wildman–Crippen MR) is 59.1 cm³/mol. The molecular weight excluding hydrogens is 227 g/mol. The van der Waals surface area contributed by atoms with Crippen LogP contribution < -0.4 is 10.6 Å². The van der Waals surface area contributed by atoms with Crippen molar-refractivity contribution in [3.8, 4) is 0 Å². The van der Waals surface area contributed by atoms with Gasteiger partial charge in [0.15, 0.2) is 0 Å². The van der Waals surface area contributed by atoms with Crippen molar-refractivity contribution < 1.29 is 18.7 Å². The maximum Gasteiger partial charge on any atom is 0.308 e. The smallest absolute Gasteiger partial charge is 0.308 e. The van der Waals surface area contributed by atoms with Gasteiger partial charge < -0.3 is 15.4 Å². The molecule has 90 valence electrons. The second kappa shape index (κ2) is 4.40. The SMILES string of the molecule is COC(=O)CC1Nc2cc(F)ccc2NC1=O. The molecule has 1 aromatic carbocycles. The molecular formula is C11H11FN2O3. The first-order valence-corrected chi connectivity index (χ1v) is 5.04. The molecule has 0 saturated carbocycles. The Morgan fingerprint density at radius 1 is 1.47 bits per heavy atom. The zero-order valence-corrected chi connectivity index (χ0v) is 9.12. The minimum Gasteiger partial charge on any atom is -0.469 e. The fourth-order valence-corrected chi connectivity index (χ4v) is 1.61. The number of amides is 1. The zero-order valence-electron chi connectivity index (χ0n) is 9.12. The van der Waals surface area contributed by atoms with Crippen LogP contribution in [0.2, 0.25) is 0 Å². The van der Waals surface area contributed by atoms with Crippen LogP contribution in [-0.4, -0.2) is 25.0 Å². The van der Waals surface area contributed by atoms with Crippen molar-refractivity contribution in [3.05, 3.63) is 24.0 Å². The Labute approximate surface area is 97.0 Å². The molecule has 0 aromatic heterocycles. The van der Waals surface area contributed by atoms with E-state index in [-0.39, 0.29) is 12.3 Å². The van der Waals surface area contributed by atoms with E-state index in [1.807, 2.05) is 0 Å². The second-order valence-corrected chi connectivity index (χ2v) is 3.66. The van der Waals surface area contributed by atoms with Crippen molar-refractivity contribution >= 4 is 23.3 Å². The molecule has 1 aromatic rings. The number of nitrogens with one attached hydrogen (secondary N) is 2. The zero-order chi connectivity index (χ0) is 12.4. The molecule has 0 fully saturated rings. The number of hydrogen-bond acceptors (Lipinski definition) is 4. The summed E-state index contributed by atoms with van der Waals surface area (Å²) in [5, 5.41) is 5.39. The highest BCUT2D eigenvalue weighted by atomic mass is 19.1. The average Bonchev–Trinajstić information content (AvgIpc) is 2.30. The molecule has 2 rings (SSSR count). The summed E-state index contributed by atoms with van der Waals surface area (Å²) in [5.74, 6) is -1.25. The number of benzene rings is 1. The maximum atomic E-state index is 13.0. The van der Waals surface area contributed by atoms with Gasteiger partial charge in [-0.05, 0) is 18.2 Å². The van der Waals surface area contributed by atoms with E-state index in [0.29, 0.717) is 11.4 Å². The van der Waals surface area contributed by atoms with Crippen molar-refractivity contribution in [2.75, 3.05) is 17.7 Å². The van der Waals surface area contributed by atoms with E-state index in [1.54, 1.807) is 0 Å². The number of methoxy groups -OCH3 is 1. The van der Waals surface area contributed by atoms with Gasteiger partial charge in [-0.1, -0.05) is 0 Å². The molecule has 17 heavy (non-hydrogen) atoms. The molecule has 1 heterocycles. The molecule has 5 nitrogen and oxygen atoms in total. The van der Waals surface area contributed by atoms with Crippen molar-refractivity contribution in [2.45, 2.75) is 12.5 Å². The highest BCUT2D eigenvalue weighted by Gasteiger charge is 2.27. The Bertz CT molecular complexity index is 476. The van der Waals surface area contributed by atoms with E-state index in [0.717, 1.165) is 0 Å². The third-order valence-electron chi connectivity index (χ3n) is 2.48. The molecule has 0 radical (unpaired) electrons. The van der Waals surface area contributed by atoms with Crippen LogP contribution in [0.4, 0.5) is 15.8 Å². The van der Waals surface area contributed by atoms with E-state index in [4.69, 9.17) is 0 Å². The van der Waals surface area contributed by atoms with Crippen LogP contribution in [0.3, 0.4) is 0 Å². The van der Waals surface area contributed by atoms with Gasteiger partial charge >= 0.3 is 5.97 Å². The topological polar surface area (TPSA) is 67.4 Å². The molecule has 0 saturated heterocycles. The minimum atomic E-state index is -0.739. The van der Waals surface area contributed by atoms with Gasteiger partial charge in [0.2, 0.25) is 5.91 Å². The van der Waals surface area contributed by atoms with Crippen LogP contribution in [0, 0.1) is 5.82 Å². The number of hydrogen-bond donors (Lipinski definition) is 2. The second-order valence-electron chi connectivity index (χ2n) is 3.66. The van der Waals surface area contributed by atoms with Crippen LogP contribution >= 0.6 is 0 Å². The lowest BCUT2D eigenvalue weighted by molar-refractivity contribution is -0.142. The molecule has 6 heteroatoms. The average molecular weight is 238 g/mol. The number of carbonyl (C=O) groups excluding carboxylic acids is 2. The number of esters is 1. The van der Waals surface area contributed by atoms with E-state index in [1.165, 1.54) is 25.3 Å². The third kappa shape index (κ3) is 2.35. The first-order chi connectivity index (χ1) is 8.10. The number of fused-ring (bicyclic) bond motifs is 1. The molecule has 2 N–H and O–H groups in total. The molecule has 0 spiro atoms. The van der Waals surface area contributed by atoms with Crippen molar-refractivity contribution in [2.24, 2.45) is 0 Å². The van der Waals surface area contributed by atoms with Crippen molar-refractivity contribution in [3.63, 3.8) is 0 Å². The summed E-state index contributed by atoms with van der Waals surface area (Å²) in [5.41, 5.74) is 0.955. The minimum absolute atomic E-state index is 0.0989. The lowest BCUT2D eigenvalue weighted by Crippen LogP contribution is -2.40. The molecule has 1 aliphatic heterocycles. The highest BCUT2D eigenvalue weighted by molar-refractivity contribution is 6.04. The van der Waals surface area contributed by atoms with Gasteiger partial charge in [-0.15, -0.1) is 0 Å². The van der Waals surface area contributed by atoms with Gasteiger partial charge in [-0.3, -0.25) is 9.59 Å². The predicted octanol–water partition coefficient (Wildman–Crippen LogP) is 1.12. The standard InChI is InChI=1S/C11H11FN2O3/c1-17-10(15)5-9-11(16)14-7-3-2-6(12)4-8(7)13-9/h2-4,9,13H,5H2,1H3,(H,14,16). The number of anilines is 2. The van der Waals surface area contributed by atoms with Crippen molar-refractivity contribution in [1.29, 1.82) is 0 Å². The third-order valence-corrected chi connectivity index (χ3v) is 2.48. The Kier molecular flexibility index (Phi) is 2.95. The molecule has 1 unspecified atom stereocenters. The molecule has 1 atom stereocenters. The molecule has 0 aliphatic carbocycles. The summed E-state index contributed by atoms with van der Waals surface area (Å²) in [4.78, 5) is 22.7. The van der Waals surface area contributed by atoms with Crippen molar-refractivity contribution in [1.82, 2.24) is 0 Å². The molecule has 1 amide bonds. The molecule has 0 bridgehead atoms. The summed E-state index contributed by atoms with van der Waals surface area (Å²) in [7, 11) is 1.25. The van der Waals surface area contributed by atoms with E-state index >= 15 is 0 Å². The Morgan fingerprint density at radius 2 is 2.24 bits per heavy atom. The Balaban J connectivity index is 2.19. The number of halogens is 1. The van der Waals surface area contributed by atoms with Gasteiger partial charge in [-0.25, -0.2) is 4.39 Å². The van der Waals surface area contributed by atoms with Crippen LogP contribution in [0.1, 0.15) is 6.42 Å². The normalized spacial score (nSPS) is 17.8. The summed E-state index contributed by atoms with van der Waals surface area (Å²) in [6.07, 6.45) is -0.0989. The largest absolute Gasteiger partial charge is 0.469 e. The summed E-state index contributed by atoms with van der Waals surface area (Å²) >= 11 is 0. The summed E-state index contributed by atoms with van der Waals surface area (Å²) in [6, 6.07) is 3.24. The summed E-state index contributed by atoms with van der Waals surface area (Å²) in [6.45, 7) is 0. The van der Waals surface area contributed by atoms with Crippen LogP contribution in [0.25, 0.3) is 0 Å². The van der Waals surface area contributed by atoms with E-state index in [2.05, 4.69) is 15.4 Å². The van der Waals surface area contributed by atoms with Gasteiger partial charge in [0.1, 0.15) is 11.9 Å². The Morgan fingerprint density at radius 3 is 2.94 bits per heavy atom. The molecule has 1 aliphatic rings. The Hall–Kier alpha value is -2.11. The summed E-state index contributed by atoms with van der Waals surface area (Å²) < 4.78 is 17.5. The lowest BCUT2D eigenvalue weighted by atomic mass is 10.1. The quantitative estimate of drug-likeness (QED) is 0.758. The fourth-order valence-electron chi connectivity index (χ4n) is 1.61. The van der Waals surface area contributed by atoms with Gasteiger partial charge in [0, 0.05) is 0 Å². The fraction of sp³-hybridized carbons (Fsp3) is 0.273. The number of rotatable bonds is 2. The van der Waals surface area contributed by atoms with Gasteiger partial charge in [0.05, 0.1) is 24.9 Å². The number of carbonyl (C=O) groups is 2.